The first-order chi connectivity index (χ1) is 13.5. The van der Waals surface area contributed by atoms with Crippen molar-refractivity contribution in [3.63, 3.8) is 0 Å². The molecule has 2 aromatic carbocycles. The van der Waals surface area contributed by atoms with Crippen LogP contribution in [0.5, 0.6) is 0 Å². The van der Waals surface area contributed by atoms with Crippen LogP contribution in [0.3, 0.4) is 0 Å². The summed E-state index contributed by atoms with van der Waals surface area (Å²) >= 11 is 0. The van der Waals surface area contributed by atoms with E-state index in [-0.39, 0.29) is 16.6 Å². The quantitative estimate of drug-likeness (QED) is 0.681. The molecule has 0 saturated carbocycles. The van der Waals surface area contributed by atoms with E-state index in [2.05, 4.69) is 34.6 Å². The lowest BCUT2D eigenvalue weighted by molar-refractivity contribution is -0.626. The number of fused-ring (bicyclic) bond motifs is 1. The molecule has 156 valence electrons. The Bertz CT molecular complexity index is 1020. The Kier molecular flexibility index (Phi) is 4.52. The number of rotatable bonds is 4. The summed E-state index contributed by atoms with van der Waals surface area (Å²) in [5.74, 6) is -1.14. The van der Waals surface area contributed by atoms with Gasteiger partial charge in [0.15, 0.2) is 15.4 Å². The highest BCUT2D eigenvalue weighted by atomic mass is 32.2. The summed E-state index contributed by atoms with van der Waals surface area (Å²) in [4.78, 5) is 11.9. The normalized spacial score (nSPS) is 28.6. The molecule has 2 atom stereocenters. The molecule has 2 heterocycles. The molecule has 0 aromatic heterocycles. The molecule has 2 aliphatic rings. The van der Waals surface area contributed by atoms with Crippen LogP contribution in [0.2, 0.25) is 0 Å². The molecule has 6 heteroatoms. The van der Waals surface area contributed by atoms with Crippen LogP contribution in [-0.2, 0) is 35.9 Å². The van der Waals surface area contributed by atoms with Gasteiger partial charge in [0.25, 0.3) is 5.79 Å². The summed E-state index contributed by atoms with van der Waals surface area (Å²) < 4.78 is 31.9. The van der Waals surface area contributed by atoms with E-state index in [4.69, 9.17) is 14.5 Å². The largest absolute Gasteiger partial charge is 0.341 e. The highest BCUT2D eigenvalue weighted by Crippen LogP contribution is 2.69. The van der Waals surface area contributed by atoms with Gasteiger partial charge in [-0.2, -0.15) is 4.89 Å². The first-order valence-corrected chi connectivity index (χ1v) is 11.5. The third-order valence-electron chi connectivity index (χ3n) is 6.16. The van der Waals surface area contributed by atoms with Crippen molar-refractivity contribution in [2.75, 3.05) is 6.61 Å². The third-order valence-corrected chi connectivity index (χ3v) is 7.86. The molecule has 2 unspecified atom stereocenters. The van der Waals surface area contributed by atoms with Crippen LogP contribution < -0.4 is 0 Å². The zero-order valence-corrected chi connectivity index (χ0v) is 18.4. The van der Waals surface area contributed by atoms with E-state index >= 15 is 0 Å². The van der Waals surface area contributed by atoms with Crippen LogP contribution in [0.15, 0.2) is 59.5 Å². The lowest BCUT2D eigenvalue weighted by Crippen LogP contribution is -2.73. The Labute approximate surface area is 172 Å². The summed E-state index contributed by atoms with van der Waals surface area (Å²) in [6, 6.07) is 16.0. The molecular formula is C23H28O5S. The van der Waals surface area contributed by atoms with Crippen LogP contribution in [0, 0.1) is 10.8 Å². The van der Waals surface area contributed by atoms with E-state index in [1.54, 1.807) is 30.3 Å². The first kappa shape index (κ1) is 20.5. The molecule has 0 aliphatic carbocycles. The number of ether oxygens (including phenoxy) is 1. The third kappa shape index (κ3) is 2.81. The average Bonchev–Trinajstić information content (AvgIpc) is 2.77. The highest BCUT2D eigenvalue weighted by Gasteiger charge is 2.81. The SMILES string of the molecule is CC(C)(C)C12OOC1(c1cccc(CS(=O)(=O)c3ccccc3)c1)OCC2(C)C. The smallest absolute Gasteiger partial charge is 0.261 e. The van der Waals surface area contributed by atoms with Crippen LogP contribution in [0.1, 0.15) is 45.7 Å². The van der Waals surface area contributed by atoms with Crippen molar-refractivity contribution in [1.82, 2.24) is 0 Å². The summed E-state index contributed by atoms with van der Waals surface area (Å²) in [5, 5.41) is 0. The van der Waals surface area contributed by atoms with Gasteiger partial charge in [-0.1, -0.05) is 71.0 Å². The van der Waals surface area contributed by atoms with Crippen LogP contribution in [-0.4, -0.2) is 20.6 Å². The molecule has 0 spiro atoms. The van der Waals surface area contributed by atoms with Gasteiger partial charge in [0, 0.05) is 16.4 Å². The lowest BCUT2D eigenvalue weighted by Gasteiger charge is -2.61. The average molecular weight is 417 g/mol. The lowest BCUT2D eigenvalue weighted by atomic mass is 9.57. The van der Waals surface area contributed by atoms with Crippen molar-refractivity contribution >= 4 is 9.84 Å². The zero-order chi connectivity index (χ0) is 21.1. The van der Waals surface area contributed by atoms with Crippen LogP contribution >= 0.6 is 0 Å². The number of benzene rings is 2. The zero-order valence-electron chi connectivity index (χ0n) is 17.6. The molecule has 2 fully saturated rings. The summed E-state index contributed by atoms with van der Waals surface area (Å²) in [5.41, 5.74) is 0.231. The second-order valence-electron chi connectivity index (χ2n) is 9.66. The standard InChI is InChI=1S/C23H28O5S/c1-20(2,3)23-21(4,5)16-26-22(23,27-28-23)18-11-9-10-17(14-18)15-29(24,25)19-12-7-6-8-13-19/h6-14H,15-16H2,1-5H3. The second kappa shape index (κ2) is 6.38. The second-order valence-corrected chi connectivity index (χ2v) is 11.6. The van der Waals surface area contributed by atoms with Crippen molar-refractivity contribution in [1.29, 1.82) is 0 Å². The number of hydrogen-bond acceptors (Lipinski definition) is 5. The summed E-state index contributed by atoms with van der Waals surface area (Å²) in [6.45, 7) is 11.1. The van der Waals surface area contributed by atoms with Crippen molar-refractivity contribution in [2.24, 2.45) is 10.8 Å². The molecule has 0 radical (unpaired) electrons. The topological polar surface area (TPSA) is 61.8 Å². The highest BCUT2D eigenvalue weighted by molar-refractivity contribution is 7.90. The maximum Gasteiger partial charge on any atom is 0.261 e. The molecule has 0 N–H and O–H groups in total. The minimum Gasteiger partial charge on any atom is -0.341 e. The Morgan fingerprint density at radius 2 is 1.66 bits per heavy atom. The van der Waals surface area contributed by atoms with Gasteiger partial charge in [0.1, 0.15) is 0 Å². The fourth-order valence-electron chi connectivity index (χ4n) is 5.03. The van der Waals surface area contributed by atoms with Crippen LogP contribution in [0.25, 0.3) is 0 Å². The fourth-order valence-corrected chi connectivity index (χ4v) is 6.39. The van der Waals surface area contributed by atoms with E-state index in [9.17, 15) is 8.42 Å². The molecular weight excluding hydrogens is 388 g/mol. The van der Waals surface area contributed by atoms with E-state index in [1.807, 2.05) is 24.3 Å². The first-order valence-electron chi connectivity index (χ1n) is 9.83. The van der Waals surface area contributed by atoms with Gasteiger partial charge in [-0.25, -0.2) is 13.3 Å². The molecule has 5 nitrogen and oxygen atoms in total. The predicted octanol–water partition coefficient (Wildman–Crippen LogP) is 4.62. The van der Waals surface area contributed by atoms with Crippen molar-refractivity contribution in [3.8, 4) is 0 Å². The predicted molar refractivity (Wildman–Crippen MR) is 110 cm³/mol. The monoisotopic (exact) mass is 416 g/mol. The summed E-state index contributed by atoms with van der Waals surface area (Å²) in [6.07, 6.45) is 0. The fraction of sp³-hybridized carbons (Fsp3) is 0.478. The van der Waals surface area contributed by atoms with Gasteiger partial charge >= 0.3 is 0 Å². The molecule has 2 aliphatic heterocycles. The van der Waals surface area contributed by atoms with Gasteiger partial charge in [0.05, 0.1) is 17.3 Å². The number of sulfone groups is 1. The van der Waals surface area contributed by atoms with E-state index in [0.29, 0.717) is 17.1 Å². The van der Waals surface area contributed by atoms with Gasteiger partial charge in [-0.3, -0.25) is 0 Å². The molecule has 0 bridgehead atoms. The Morgan fingerprint density at radius 1 is 0.966 bits per heavy atom. The minimum absolute atomic E-state index is 0.0896. The van der Waals surface area contributed by atoms with E-state index in [1.165, 1.54) is 0 Å². The van der Waals surface area contributed by atoms with Crippen molar-refractivity contribution in [2.45, 2.75) is 56.7 Å². The van der Waals surface area contributed by atoms with Gasteiger partial charge in [-0.05, 0) is 23.8 Å². The Balaban J connectivity index is 1.73. The van der Waals surface area contributed by atoms with Crippen LogP contribution in [0.4, 0.5) is 0 Å². The molecule has 0 amide bonds. The van der Waals surface area contributed by atoms with Crippen molar-refractivity contribution in [3.05, 3.63) is 65.7 Å². The van der Waals surface area contributed by atoms with Gasteiger partial charge in [0.2, 0.25) is 0 Å². The molecule has 4 rings (SSSR count). The van der Waals surface area contributed by atoms with E-state index in [0.717, 1.165) is 5.56 Å². The summed E-state index contributed by atoms with van der Waals surface area (Å²) in [7, 11) is -3.45. The molecule has 29 heavy (non-hydrogen) atoms. The minimum atomic E-state index is -3.45. The maximum absolute atomic E-state index is 12.8. The van der Waals surface area contributed by atoms with Gasteiger partial charge in [-0.15, -0.1) is 0 Å². The Morgan fingerprint density at radius 3 is 2.24 bits per heavy atom. The number of hydrogen-bond donors (Lipinski definition) is 0. The van der Waals surface area contributed by atoms with E-state index < -0.39 is 21.2 Å². The maximum atomic E-state index is 12.8. The molecule has 2 aromatic rings. The van der Waals surface area contributed by atoms with Gasteiger partial charge < -0.3 is 4.74 Å². The molecule has 2 saturated heterocycles. The Hall–Kier alpha value is -1.73. The van der Waals surface area contributed by atoms with Crippen molar-refractivity contribution < 1.29 is 22.9 Å².